The zero-order valence-corrected chi connectivity index (χ0v) is 19.8. The normalized spacial score (nSPS) is 19.5. The predicted molar refractivity (Wildman–Crippen MR) is 129 cm³/mol. The molecule has 7 heteroatoms. The zero-order valence-electron chi connectivity index (χ0n) is 19.0. The van der Waals surface area contributed by atoms with Crippen molar-refractivity contribution in [2.45, 2.75) is 40.0 Å². The Labute approximate surface area is 190 Å². The lowest BCUT2D eigenvalue weighted by atomic mass is 9.81. The quantitative estimate of drug-likeness (QED) is 0.637. The summed E-state index contributed by atoms with van der Waals surface area (Å²) < 4.78 is 23.9. The van der Waals surface area contributed by atoms with Crippen molar-refractivity contribution in [2.75, 3.05) is 29.5 Å². The van der Waals surface area contributed by atoms with Crippen LogP contribution < -0.4 is 4.90 Å². The summed E-state index contributed by atoms with van der Waals surface area (Å²) in [6, 6.07) is 8.50. The van der Waals surface area contributed by atoms with E-state index in [1.807, 2.05) is 12.1 Å². The first-order valence-corrected chi connectivity index (χ1v) is 13.1. The summed E-state index contributed by atoms with van der Waals surface area (Å²) in [5, 5.41) is 7.74. The molecule has 2 saturated heterocycles. The molecule has 2 aromatic heterocycles. The number of sulfone groups is 1. The molecule has 1 aromatic carbocycles. The number of pyridine rings is 1. The fraction of sp³-hybridized carbons (Fsp3) is 0.440. The number of aromatic nitrogens is 3. The highest BCUT2D eigenvalue weighted by atomic mass is 32.2. The van der Waals surface area contributed by atoms with Crippen LogP contribution in [-0.4, -0.2) is 48.2 Å². The molecule has 6 nitrogen and oxygen atoms in total. The van der Waals surface area contributed by atoms with E-state index >= 15 is 0 Å². The van der Waals surface area contributed by atoms with E-state index in [2.05, 4.69) is 53.0 Å². The topological polar surface area (TPSA) is 79.0 Å². The smallest absolute Gasteiger partial charge is 0.150 e. The number of nitrogens with one attached hydrogen (secondary N) is 1. The lowest BCUT2D eigenvalue weighted by Gasteiger charge is -2.34. The van der Waals surface area contributed by atoms with Crippen molar-refractivity contribution in [3.8, 4) is 22.4 Å². The average Bonchev–Trinajstić information content (AvgIpc) is 3.35. The van der Waals surface area contributed by atoms with Gasteiger partial charge in [0.25, 0.3) is 0 Å². The standard InChI is InChI=1S/C25H30N4O2S/c1-17-14-21(22-19(3)27-28-23(22)20-4-9-26-10-5-20)15-18(2)24(17)29-11-6-25(16-29)7-12-32(30,31)13-8-25/h4-5,9-10,14-15H,6-8,11-13,16H2,1-3H3,(H,27,28). The third-order valence-electron chi connectivity index (χ3n) is 7.32. The van der Waals surface area contributed by atoms with E-state index in [1.54, 1.807) is 12.4 Å². The monoisotopic (exact) mass is 450 g/mol. The van der Waals surface area contributed by atoms with Crippen LogP contribution in [0.1, 0.15) is 36.1 Å². The van der Waals surface area contributed by atoms with Crippen LogP contribution in [0.2, 0.25) is 0 Å². The highest BCUT2D eigenvalue weighted by molar-refractivity contribution is 7.91. The van der Waals surface area contributed by atoms with Crippen molar-refractivity contribution < 1.29 is 8.42 Å². The average molecular weight is 451 g/mol. The summed E-state index contributed by atoms with van der Waals surface area (Å²) in [7, 11) is -2.84. The van der Waals surface area contributed by atoms with E-state index in [4.69, 9.17) is 0 Å². The van der Waals surface area contributed by atoms with Gasteiger partial charge in [0.2, 0.25) is 0 Å². The van der Waals surface area contributed by atoms with Crippen LogP contribution in [0.25, 0.3) is 22.4 Å². The van der Waals surface area contributed by atoms with E-state index < -0.39 is 9.84 Å². The van der Waals surface area contributed by atoms with Crippen LogP contribution in [0.15, 0.2) is 36.7 Å². The van der Waals surface area contributed by atoms with Gasteiger partial charge in [-0.15, -0.1) is 0 Å². The van der Waals surface area contributed by atoms with E-state index in [9.17, 15) is 8.42 Å². The van der Waals surface area contributed by atoms with Crippen molar-refractivity contribution in [1.29, 1.82) is 0 Å². The van der Waals surface area contributed by atoms with Gasteiger partial charge in [-0.25, -0.2) is 8.42 Å². The molecule has 0 amide bonds. The van der Waals surface area contributed by atoms with Gasteiger partial charge < -0.3 is 4.90 Å². The number of rotatable bonds is 3. The van der Waals surface area contributed by atoms with E-state index in [0.717, 1.165) is 54.9 Å². The molecule has 1 spiro atoms. The van der Waals surface area contributed by atoms with Gasteiger partial charge in [-0.05, 0) is 86.4 Å². The van der Waals surface area contributed by atoms with Crippen LogP contribution in [0.5, 0.6) is 0 Å². The Bertz CT molecular complexity index is 1230. The Morgan fingerprint density at radius 1 is 0.969 bits per heavy atom. The lowest BCUT2D eigenvalue weighted by molar-refractivity contribution is 0.292. The molecule has 0 radical (unpaired) electrons. The first kappa shape index (κ1) is 21.2. The maximum Gasteiger partial charge on any atom is 0.150 e. The Hall–Kier alpha value is -2.67. The summed E-state index contributed by atoms with van der Waals surface area (Å²) in [5.74, 6) is 0.685. The molecular formula is C25H30N4O2S. The number of aromatic amines is 1. The van der Waals surface area contributed by atoms with Crippen LogP contribution >= 0.6 is 0 Å². The molecule has 0 aliphatic carbocycles. The Balaban J connectivity index is 1.47. The summed E-state index contributed by atoms with van der Waals surface area (Å²) in [5.41, 5.74) is 9.29. The number of benzene rings is 1. The van der Waals surface area contributed by atoms with Crippen LogP contribution in [-0.2, 0) is 9.84 Å². The van der Waals surface area contributed by atoms with Crippen molar-refractivity contribution in [1.82, 2.24) is 15.2 Å². The summed E-state index contributed by atoms with van der Waals surface area (Å²) in [4.78, 5) is 6.62. The second-order valence-corrected chi connectivity index (χ2v) is 11.9. The van der Waals surface area contributed by atoms with Crippen molar-refractivity contribution in [3.63, 3.8) is 0 Å². The molecule has 0 atom stereocenters. The fourth-order valence-corrected chi connectivity index (χ4v) is 7.30. The molecule has 168 valence electrons. The maximum absolute atomic E-state index is 11.9. The van der Waals surface area contributed by atoms with Crippen LogP contribution in [0.3, 0.4) is 0 Å². The van der Waals surface area contributed by atoms with Gasteiger partial charge in [0.1, 0.15) is 15.5 Å². The van der Waals surface area contributed by atoms with Gasteiger partial charge in [-0.1, -0.05) is 0 Å². The van der Waals surface area contributed by atoms with Gasteiger partial charge in [-0.3, -0.25) is 10.1 Å². The number of anilines is 1. The molecule has 5 rings (SSSR count). The van der Waals surface area contributed by atoms with Crippen molar-refractivity contribution >= 4 is 15.5 Å². The number of H-pyrrole nitrogens is 1. The maximum atomic E-state index is 11.9. The molecule has 2 aliphatic heterocycles. The third kappa shape index (κ3) is 3.72. The number of hydrogen-bond acceptors (Lipinski definition) is 5. The van der Waals surface area contributed by atoms with Gasteiger partial charge in [0.15, 0.2) is 0 Å². The lowest BCUT2D eigenvalue weighted by Crippen LogP contribution is -2.36. The van der Waals surface area contributed by atoms with E-state index in [0.29, 0.717) is 11.5 Å². The Morgan fingerprint density at radius 2 is 1.62 bits per heavy atom. The first-order chi connectivity index (χ1) is 15.3. The minimum absolute atomic E-state index is 0.151. The minimum atomic E-state index is -2.84. The van der Waals surface area contributed by atoms with Gasteiger partial charge in [0.05, 0.1) is 11.5 Å². The predicted octanol–water partition coefficient (Wildman–Crippen LogP) is 4.47. The molecule has 2 aliphatic rings. The number of aryl methyl sites for hydroxylation is 3. The van der Waals surface area contributed by atoms with Gasteiger partial charge in [-0.2, -0.15) is 5.10 Å². The minimum Gasteiger partial charge on any atom is -0.371 e. The molecule has 0 bridgehead atoms. The van der Waals surface area contributed by atoms with Crippen LogP contribution in [0, 0.1) is 26.2 Å². The van der Waals surface area contributed by atoms with Crippen molar-refractivity contribution in [3.05, 3.63) is 53.5 Å². The zero-order chi connectivity index (χ0) is 22.5. The highest BCUT2D eigenvalue weighted by Crippen LogP contribution is 2.45. The van der Waals surface area contributed by atoms with Crippen LogP contribution in [0.4, 0.5) is 5.69 Å². The molecule has 0 unspecified atom stereocenters. The molecule has 4 heterocycles. The van der Waals surface area contributed by atoms with Crippen molar-refractivity contribution in [2.24, 2.45) is 5.41 Å². The van der Waals surface area contributed by atoms with Gasteiger partial charge in [0, 0.05) is 48.0 Å². The molecule has 1 N–H and O–H groups in total. The summed E-state index contributed by atoms with van der Waals surface area (Å²) >= 11 is 0. The Morgan fingerprint density at radius 3 is 2.28 bits per heavy atom. The summed E-state index contributed by atoms with van der Waals surface area (Å²) in [6.07, 6.45) is 6.26. The summed E-state index contributed by atoms with van der Waals surface area (Å²) in [6.45, 7) is 8.38. The Kier molecular flexibility index (Phi) is 5.12. The fourth-order valence-electron chi connectivity index (χ4n) is 5.61. The first-order valence-electron chi connectivity index (χ1n) is 11.3. The van der Waals surface area contributed by atoms with E-state index in [-0.39, 0.29) is 5.41 Å². The second kappa shape index (κ2) is 7.73. The SMILES string of the molecule is Cc1cc(-c2c(-c3ccncc3)n[nH]c2C)cc(C)c1N1CCC2(CCS(=O)(=O)CC2)C1. The van der Waals surface area contributed by atoms with Gasteiger partial charge >= 0.3 is 0 Å². The molecule has 32 heavy (non-hydrogen) atoms. The second-order valence-electron chi connectivity index (χ2n) is 9.59. The van der Waals surface area contributed by atoms with E-state index in [1.165, 1.54) is 22.4 Å². The number of nitrogens with zero attached hydrogens (tertiary/aromatic N) is 3. The molecular weight excluding hydrogens is 420 g/mol. The molecule has 2 fully saturated rings. The third-order valence-corrected chi connectivity index (χ3v) is 8.97. The number of hydrogen-bond donors (Lipinski definition) is 1. The molecule has 0 saturated carbocycles. The largest absolute Gasteiger partial charge is 0.371 e. The highest BCUT2D eigenvalue weighted by Gasteiger charge is 2.43. The molecule has 3 aromatic rings.